The number of rotatable bonds is 7. The number of benzene rings is 2. The van der Waals surface area contributed by atoms with Crippen LogP contribution in [0.4, 0.5) is 0 Å². The number of hydrogen-bond donors (Lipinski definition) is 2. The Bertz CT molecular complexity index is 1410. The lowest BCUT2D eigenvalue weighted by atomic mass is 10.0. The molecule has 0 spiro atoms. The van der Waals surface area contributed by atoms with E-state index in [2.05, 4.69) is 26.2 Å². The van der Waals surface area contributed by atoms with Crippen molar-refractivity contribution in [1.29, 1.82) is 0 Å². The van der Waals surface area contributed by atoms with Crippen LogP contribution in [0.15, 0.2) is 52.4 Å². The van der Waals surface area contributed by atoms with Crippen LogP contribution >= 0.6 is 27.3 Å². The third kappa shape index (κ3) is 5.37. The SMILES string of the molecule is Cc1ncsc1-c1ccc(CNC(=O)[C@@H]2C[C@@H](O)CN2C(=O)C(C(C)C)N2Cc3c(Br)cccc3C2=O)cc1. The van der Waals surface area contributed by atoms with Gasteiger partial charge in [0.2, 0.25) is 11.8 Å². The zero-order valence-electron chi connectivity index (χ0n) is 22.1. The standard InChI is InChI=1S/C29H31BrN4O4S/c1-16(2)25(34-14-22-21(28(34)37)5-4-6-23(22)30)29(38)33-13-20(35)11-24(33)27(36)31-12-18-7-9-19(10-8-18)26-17(3)32-15-39-26/h4-10,15-16,20,24-25,35H,11-14H2,1-3H3,(H,31,36)/t20-,24+,25?/m1/s1. The summed E-state index contributed by atoms with van der Waals surface area (Å²) in [5, 5.41) is 13.4. The summed E-state index contributed by atoms with van der Waals surface area (Å²) >= 11 is 5.11. The van der Waals surface area contributed by atoms with Crippen molar-refractivity contribution in [2.24, 2.45) is 5.92 Å². The molecular formula is C29H31BrN4O4S. The van der Waals surface area contributed by atoms with E-state index in [1.165, 1.54) is 4.90 Å². The lowest BCUT2D eigenvalue weighted by Crippen LogP contribution is -2.55. The van der Waals surface area contributed by atoms with Gasteiger partial charge < -0.3 is 20.2 Å². The van der Waals surface area contributed by atoms with E-state index in [-0.39, 0.29) is 36.6 Å². The van der Waals surface area contributed by atoms with Crippen molar-refractivity contribution < 1.29 is 19.5 Å². The molecule has 3 heterocycles. The van der Waals surface area contributed by atoms with Gasteiger partial charge in [-0.2, -0.15) is 0 Å². The fourth-order valence-corrected chi connectivity index (χ4v) is 6.76. The highest BCUT2D eigenvalue weighted by molar-refractivity contribution is 9.10. The van der Waals surface area contributed by atoms with Crippen LogP contribution in [0.2, 0.25) is 0 Å². The molecule has 2 aromatic carbocycles. The maximum Gasteiger partial charge on any atom is 0.255 e. The van der Waals surface area contributed by atoms with E-state index in [9.17, 15) is 19.5 Å². The van der Waals surface area contributed by atoms with Gasteiger partial charge in [-0.25, -0.2) is 4.98 Å². The number of carbonyl (C=O) groups is 3. The lowest BCUT2D eigenvalue weighted by Gasteiger charge is -2.35. The monoisotopic (exact) mass is 610 g/mol. The van der Waals surface area contributed by atoms with Crippen LogP contribution in [-0.4, -0.2) is 62.3 Å². The Morgan fingerprint density at radius 2 is 1.95 bits per heavy atom. The number of thiazole rings is 1. The number of nitrogens with zero attached hydrogens (tertiary/aromatic N) is 3. The Labute approximate surface area is 240 Å². The van der Waals surface area contributed by atoms with Gasteiger partial charge in [0, 0.05) is 36.1 Å². The van der Waals surface area contributed by atoms with E-state index in [1.54, 1.807) is 22.3 Å². The number of nitrogens with one attached hydrogen (secondary N) is 1. The maximum absolute atomic E-state index is 13.9. The number of aryl methyl sites for hydroxylation is 1. The zero-order valence-corrected chi connectivity index (χ0v) is 24.5. The van der Waals surface area contributed by atoms with Crippen LogP contribution in [-0.2, 0) is 22.7 Å². The lowest BCUT2D eigenvalue weighted by molar-refractivity contribution is -0.143. The summed E-state index contributed by atoms with van der Waals surface area (Å²) in [6, 6.07) is 11.8. The quantitative estimate of drug-likeness (QED) is 0.418. The molecule has 2 aliphatic rings. The van der Waals surface area contributed by atoms with Crippen LogP contribution < -0.4 is 5.32 Å². The molecule has 1 fully saturated rings. The Balaban J connectivity index is 1.28. The number of fused-ring (bicyclic) bond motifs is 1. The first-order chi connectivity index (χ1) is 18.7. The van der Waals surface area contributed by atoms with Gasteiger partial charge in [-0.05, 0) is 41.7 Å². The van der Waals surface area contributed by atoms with E-state index < -0.39 is 18.2 Å². The van der Waals surface area contributed by atoms with Gasteiger partial charge in [0.25, 0.3) is 5.91 Å². The predicted octanol–water partition coefficient (Wildman–Crippen LogP) is 4.14. The molecule has 39 heavy (non-hydrogen) atoms. The Morgan fingerprint density at radius 3 is 2.59 bits per heavy atom. The topological polar surface area (TPSA) is 103 Å². The number of amides is 3. The molecule has 1 saturated heterocycles. The summed E-state index contributed by atoms with van der Waals surface area (Å²) in [5.74, 6) is -1.01. The first-order valence-corrected chi connectivity index (χ1v) is 14.7. The zero-order chi connectivity index (χ0) is 27.8. The van der Waals surface area contributed by atoms with Crippen LogP contribution in [0.3, 0.4) is 0 Å². The molecule has 1 aromatic heterocycles. The second-order valence-electron chi connectivity index (χ2n) is 10.5. The average Bonchev–Trinajstić information content (AvgIpc) is 3.61. The first kappa shape index (κ1) is 27.5. The minimum atomic E-state index is -0.806. The number of aliphatic hydroxyl groups is 1. The number of likely N-dealkylation sites (tertiary alicyclic amines) is 1. The van der Waals surface area contributed by atoms with Crippen LogP contribution in [0.25, 0.3) is 10.4 Å². The Morgan fingerprint density at radius 1 is 1.21 bits per heavy atom. The van der Waals surface area contributed by atoms with Gasteiger partial charge in [-0.1, -0.05) is 60.1 Å². The molecule has 3 aromatic rings. The molecule has 204 valence electrons. The van der Waals surface area contributed by atoms with Gasteiger partial charge in [0.15, 0.2) is 0 Å². The molecule has 0 saturated carbocycles. The van der Waals surface area contributed by atoms with Crippen molar-refractivity contribution in [3.63, 3.8) is 0 Å². The number of aliphatic hydroxyl groups excluding tert-OH is 1. The Hall–Kier alpha value is -3.08. The molecule has 0 radical (unpaired) electrons. The van der Waals surface area contributed by atoms with Crippen LogP contribution in [0.1, 0.15) is 47.4 Å². The second-order valence-corrected chi connectivity index (χ2v) is 12.2. The summed E-state index contributed by atoms with van der Waals surface area (Å²) in [6.07, 6.45) is -0.647. The summed E-state index contributed by atoms with van der Waals surface area (Å²) < 4.78 is 0.829. The number of halogens is 1. The van der Waals surface area contributed by atoms with E-state index >= 15 is 0 Å². The molecule has 5 rings (SSSR count). The van der Waals surface area contributed by atoms with Gasteiger partial charge in [0.05, 0.1) is 22.2 Å². The highest BCUT2D eigenvalue weighted by Crippen LogP contribution is 2.34. The van der Waals surface area contributed by atoms with E-state index in [1.807, 2.05) is 62.7 Å². The molecule has 2 N–H and O–H groups in total. The molecule has 2 aliphatic heterocycles. The smallest absolute Gasteiger partial charge is 0.255 e. The van der Waals surface area contributed by atoms with Crippen LogP contribution in [0, 0.1) is 12.8 Å². The second kappa shape index (κ2) is 11.2. The highest BCUT2D eigenvalue weighted by atomic mass is 79.9. The fraction of sp³-hybridized carbons (Fsp3) is 0.379. The van der Waals surface area contributed by atoms with Gasteiger partial charge in [-0.3, -0.25) is 14.4 Å². The van der Waals surface area contributed by atoms with Crippen LogP contribution in [0.5, 0.6) is 0 Å². The number of aromatic nitrogens is 1. The van der Waals surface area contributed by atoms with Crippen molar-refractivity contribution in [2.75, 3.05) is 6.54 Å². The van der Waals surface area contributed by atoms with Crippen molar-refractivity contribution in [3.05, 3.63) is 74.8 Å². The molecule has 8 nitrogen and oxygen atoms in total. The number of hydrogen-bond acceptors (Lipinski definition) is 6. The number of carbonyl (C=O) groups excluding carboxylic acids is 3. The van der Waals surface area contributed by atoms with Crippen molar-refractivity contribution >= 4 is 45.0 Å². The van der Waals surface area contributed by atoms with E-state index in [0.29, 0.717) is 18.7 Å². The summed E-state index contributed by atoms with van der Waals surface area (Å²) in [4.78, 5) is 48.9. The predicted molar refractivity (Wildman–Crippen MR) is 153 cm³/mol. The molecule has 10 heteroatoms. The van der Waals surface area contributed by atoms with Gasteiger partial charge in [0.1, 0.15) is 12.1 Å². The van der Waals surface area contributed by atoms with Crippen molar-refractivity contribution in [1.82, 2.24) is 20.1 Å². The number of β-amino-alcohol motifs (C(OH)–C–C–N with tert-alkyl or cyclic N) is 1. The average molecular weight is 612 g/mol. The first-order valence-electron chi connectivity index (χ1n) is 13.0. The van der Waals surface area contributed by atoms with Gasteiger partial charge in [-0.15, -0.1) is 11.3 Å². The van der Waals surface area contributed by atoms with E-state index in [0.717, 1.165) is 31.7 Å². The third-order valence-corrected chi connectivity index (χ3v) is 9.17. The molecule has 0 bridgehead atoms. The largest absolute Gasteiger partial charge is 0.391 e. The normalized spacial score (nSPS) is 19.5. The van der Waals surface area contributed by atoms with Crippen molar-refractivity contribution in [2.45, 2.75) is 58.5 Å². The molecular weight excluding hydrogens is 580 g/mol. The molecule has 3 amide bonds. The minimum Gasteiger partial charge on any atom is -0.391 e. The molecule has 0 aliphatic carbocycles. The van der Waals surface area contributed by atoms with Gasteiger partial charge >= 0.3 is 0 Å². The molecule has 1 unspecified atom stereocenters. The van der Waals surface area contributed by atoms with Crippen molar-refractivity contribution in [3.8, 4) is 10.4 Å². The third-order valence-electron chi connectivity index (χ3n) is 7.45. The minimum absolute atomic E-state index is 0.0573. The summed E-state index contributed by atoms with van der Waals surface area (Å²) in [6.45, 7) is 6.44. The fourth-order valence-electron chi connectivity index (χ4n) is 5.46. The maximum atomic E-state index is 13.9. The summed E-state index contributed by atoms with van der Waals surface area (Å²) in [5.41, 5.74) is 6.24. The highest BCUT2D eigenvalue weighted by Gasteiger charge is 2.46. The molecule has 3 atom stereocenters. The Kier molecular flexibility index (Phi) is 7.89. The van der Waals surface area contributed by atoms with E-state index in [4.69, 9.17) is 0 Å². The summed E-state index contributed by atoms with van der Waals surface area (Å²) in [7, 11) is 0.